The SMILES string of the molecule is Cc1cnc(CNS(=O)(=O)c2ccccc2C#CCN)s1. The van der Waals surface area contributed by atoms with Gasteiger partial charge in [-0.1, -0.05) is 24.0 Å². The predicted molar refractivity (Wildman–Crippen MR) is 83.3 cm³/mol. The van der Waals surface area contributed by atoms with E-state index in [0.717, 1.165) is 9.88 Å². The Hall–Kier alpha value is -1.72. The first kappa shape index (κ1) is 15.7. The number of rotatable bonds is 4. The molecule has 1 aromatic carbocycles. The van der Waals surface area contributed by atoms with Crippen LogP contribution in [-0.4, -0.2) is 19.9 Å². The molecule has 0 spiro atoms. The molecule has 1 aromatic heterocycles. The lowest BCUT2D eigenvalue weighted by Crippen LogP contribution is -2.24. The van der Waals surface area contributed by atoms with Crippen molar-refractivity contribution in [2.24, 2.45) is 5.73 Å². The van der Waals surface area contributed by atoms with Gasteiger partial charge < -0.3 is 5.73 Å². The van der Waals surface area contributed by atoms with Gasteiger partial charge in [0.05, 0.1) is 18.0 Å². The number of aromatic nitrogens is 1. The molecule has 0 amide bonds. The first-order valence-electron chi connectivity index (χ1n) is 6.22. The summed E-state index contributed by atoms with van der Waals surface area (Å²) in [5, 5.41) is 0.724. The van der Waals surface area contributed by atoms with Crippen molar-refractivity contribution < 1.29 is 8.42 Å². The van der Waals surface area contributed by atoms with Crippen molar-refractivity contribution in [3.8, 4) is 11.8 Å². The number of thiazole rings is 1. The first-order chi connectivity index (χ1) is 10.0. The Morgan fingerprint density at radius 3 is 2.81 bits per heavy atom. The lowest BCUT2D eigenvalue weighted by atomic mass is 10.2. The summed E-state index contributed by atoms with van der Waals surface area (Å²) in [7, 11) is -3.64. The molecule has 0 aliphatic heterocycles. The fourth-order valence-electron chi connectivity index (χ4n) is 1.67. The summed E-state index contributed by atoms with van der Waals surface area (Å²) in [6, 6.07) is 6.58. The number of benzene rings is 1. The van der Waals surface area contributed by atoms with Crippen LogP contribution in [0.5, 0.6) is 0 Å². The third-order valence-corrected chi connectivity index (χ3v) is 4.96. The zero-order valence-electron chi connectivity index (χ0n) is 11.5. The normalized spacial score (nSPS) is 11.0. The molecule has 3 N–H and O–H groups in total. The van der Waals surface area contributed by atoms with Crippen LogP contribution >= 0.6 is 11.3 Å². The molecule has 0 aliphatic rings. The molecule has 7 heteroatoms. The number of nitrogens with two attached hydrogens (primary N) is 1. The molecule has 0 saturated carbocycles. The Morgan fingerprint density at radius 2 is 2.14 bits per heavy atom. The third-order valence-electron chi connectivity index (χ3n) is 2.58. The Balaban J connectivity index is 2.23. The number of aryl methyl sites for hydroxylation is 1. The summed E-state index contributed by atoms with van der Waals surface area (Å²) < 4.78 is 27.3. The minimum atomic E-state index is -3.64. The summed E-state index contributed by atoms with van der Waals surface area (Å²) in [5.74, 6) is 5.44. The summed E-state index contributed by atoms with van der Waals surface area (Å²) in [6.45, 7) is 2.27. The van der Waals surface area contributed by atoms with Gasteiger partial charge in [0.2, 0.25) is 10.0 Å². The van der Waals surface area contributed by atoms with Gasteiger partial charge >= 0.3 is 0 Å². The van der Waals surface area contributed by atoms with Crippen LogP contribution in [0.15, 0.2) is 35.4 Å². The molecule has 0 bridgehead atoms. The fraction of sp³-hybridized carbons (Fsp3) is 0.214. The minimum absolute atomic E-state index is 0.152. The van der Waals surface area contributed by atoms with Crippen molar-refractivity contribution in [2.45, 2.75) is 18.4 Å². The molecule has 5 nitrogen and oxygen atoms in total. The second kappa shape index (κ2) is 6.83. The quantitative estimate of drug-likeness (QED) is 0.830. The third kappa shape index (κ3) is 4.12. The van der Waals surface area contributed by atoms with E-state index in [-0.39, 0.29) is 18.0 Å². The van der Waals surface area contributed by atoms with Gasteiger partial charge in [-0.3, -0.25) is 0 Å². The van der Waals surface area contributed by atoms with Crippen molar-refractivity contribution in [2.75, 3.05) is 6.54 Å². The van der Waals surface area contributed by atoms with E-state index in [1.807, 2.05) is 6.92 Å². The number of hydrogen-bond donors (Lipinski definition) is 2. The van der Waals surface area contributed by atoms with Crippen LogP contribution in [-0.2, 0) is 16.6 Å². The monoisotopic (exact) mass is 321 g/mol. The van der Waals surface area contributed by atoms with E-state index in [4.69, 9.17) is 5.73 Å². The molecule has 1 heterocycles. The fourth-order valence-corrected chi connectivity index (χ4v) is 3.63. The highest BCUT2D eigenvalue weighted by atomic mass is 32.2. The van der Waals surface area contributed by atoms with E-state index < -0.39 is 10.0 Å². The lowest BCUT2D eigenvalue weighted by Gasteiger charge is -2.07. The Morgan fingerprint density at radius 1 is 1.38 bits per heavy atom. The van der Waals surface area contributed by atoms with Crippen LogP contribution in [0.3, 0.4) is 0 Å². The standard InChI is InChI=1S/C14H15N3O2S2/c1-11-9-16-14(20-11)10-17-21(18,19)13-7-3-2-5-12(13)6-4-8-15/h2-3,5,7,9,17H,8,10,15H2,1H3. The second-order valence-corrected chi connectivity index (χ2v) is 7.25. The van der Waals surface area contributed by atoms with Gasteiger partial charge in [-0.2, -0.15) is 0 Å². The van der Waals surface area contributed by atoms with Crippen LogP contribution in [0.2, 0.25) is 0 Å². The first-order valence-corrected chi connectivity index (χ1v) is 8.52. The van der Waals surface area contributed by atoms with E-state index in [1.54, 1.807) is 24.4 Å². The molecule has 2 aromatic rings. The van der Waals surface area contributed by atoms with E-state index in [0.29, 0.717) is 5.56 Å². The van der Waals surface area contributed by atoms with Gasteiger partial charge in [0, 0.05) is 16.6 Å². The van der Waals surface area contributed by atoms with Crippen LogP contribution in [0, 0.1) is 18.8 Å². The maximum Gasteiger partial charge on any atom is 0.242 e. The highest BCUT2D eigenvalue weighted by Crippen LogP contribution is 2.16. The lowest BCUT2D eigenvalue weighted by molar-refractivity contribution is 0.581. The maximum atomic E-state index is 12.4. The van der Waals surface area contributed by atoms with E-state index in [1.165, 1.54) is 17.4 Å². The summed E-state index contributed by atoms with van der Waals surface area (Å²) in [5.41, 5.74) is 5.76. The molecule has 0 aliphatic carbocycles. The molecule has 0 fully saturated rings. The zero-order chi connectivity index (χ0) is 15.3. The summed E-state index contributed by atoms with van der Waals surface area (Å²) in [6.07, 6.45) is 1.72. The van der Waals surface area contributed by atoms with Crippen molar-refractivity contribution >= 4 is 21.4 Å². The van der Waals surface area contributed by atoms with Gasteiger partial charge in [0.15, 0.2) is 0 Å². The summed E-state index contributed by atoms with van der Waals surface area (Å²) >= 11 is 1.46. The van der Waals surface area contributed by atoms with Gasteiger partial charge in [0.1, 0.15) is 5.01 Å². The summed E-state index contributed by atoms with van der Waals surface area (Å²) in [4.78, 5) is 5.32. The van der Waals surface area contributed by atoms with Crippen molar-refractivity contribution in [3.63, 3.8) is 0 Å². The Labute approximate surface area is 128 Å². The van der Waals surface area contributed by atoms with Gasteiger partial charge in [-0.15, -0.1) is 11.3 Å². The van der Waals surface area contributed by atoms with E-state index in [9.17, 15) is 8.42 Å². The van der Waals surface area contributed by atoms with Gasteiger partial charge in [-0.05, 0) is 19.1 Å². The van der Waals surface area contributed by atoms with Crippen molar-refractivity contribution in [3.05, 3.63) is 45.9 Å². The molecule has 0 atom stereocenters. The smallest absolute Gasteiger partial charge is 0.242 e. The molecular formula is C14H15N3O2S2. The average molecular weight is 321 g/mol. The van der Waals surface area contributed by atoms with Crippen LogP contribution in [0.1, 0.15) is 15.4 Å². The highest BCUT2D eigenvalue weighted by molar-refractivity contribution is 7.89. The molecular weight excluding hydrogens is 306 g/mol. The molecule has 0 saturated heterocycles. The molecule has 0 unspecified atom stereocenters. The molecule has 0 radical (unpaired) electrons. The number of hydrogen-bond acceptors (Lipinski definition) is 5. The van der Waals surface area contributed by atoms with E-state index >= 15 is 0 Å². The van der Waals surface area contributed by atoms with Gasteiger partial charge in [0.25, 0.3) is 0 Å². The minimum Gasteiger partial charge on any atom is -0.320 e. The van der Waals surface area contributed by atoms with Crippen LogP contribution in [0.25, 0.3) is 0 Å². The molecule has 110 valence electrons. The number of nitrogens with one attached hydrogen (secondary N) is 1. The number of sulfonamides is 1. The van der Waals surface area contributed by atoms with Crippen LogP contribution in [0.4, 0.5) is 0 Å². The average Bonchev–Trinajstić information content (AvgIpc) is 2.89. The van der Waals surface area contributed by atoms with Gasteiger partial charge in [-0.25, -0.2) is 18.1 Å². The predicted octanol–water partition coefficient (Wildman–Crippen LogP) is 1.24. The maximum absolute atomic E-state index is 12.4. The highest BCUT2D eigenvalue weighted by Gasteiger charge is 2.17. The topological polar surface area (TPSA) is 85.1 Å². The zero-order valence-corrected chi connectivity index (χ0v) is 13.1. The van der Waals surface area contributed by atoms with Crippen molar-refractivity contribution in [1.82, 2.24) is 9.71 Å². The van der Waals surface area contributed by atoms with Crippen molar-refractivity contribution in [1.29, 1.82) is 0 Å². The Kier molecular flexibility index (Phi) is 5.09. The Bertz CT molecular complexity index is 786. The number of nitrogens with zero attached hydrogens (tertiary/aromatic N) is 1. The van der Waals surface area contributed by atoms with Crippen LogP contribution < -0.4 is 10.5 Å². The molecule has 21 heavy (non-hydrogen) atoms. The largest absolute Gasteiger partial charge is 0.320 e. The van der Waals surface area contributed by atoms with E-state index in [2.05, 4.69) is 21.5 Å². The molecule has 2 rings (SSSR count). The second-order valence-electron chi connectivity index (χ2n) is 4.19.